The van der Waals surface area contributed by atoms with Crippen LogP contribution in [0, 0.1) is 5.41 Å². The topological polar surface area (TPSA) is 281 Å². The number of primary amides is 4. The molecule has 57 heavy (non-hydrogen) atoms. The lowest BCUT2D eigenvalue weighted by Crippen LogP contribution is -2.85. The second-order valence-electron chi connectivity index (χ2n) is 17.9. The molecule has 7 unspecified atom stereocenters. The molecule has 5 fully saturated rings. The number of alkyl halides is 2. The number of nitrogens with two attached hydrogens (primary N) is 6. The second-order valence-corrected chi connectivity index (χ2v) is 17.9. The van der Waals surface area contributed by atoms with Crippen molar-refractivity contribution in [2.24, 2.45) is 39.8 Å². The molecule has 5 saturated heterocycles. The first kappa shape index (κ1) is 45.0. The van der Waals surface area contributed by atoms with E-state index >= 15 is 13.6 Å². The molecule has 5 rings (SSSR count). The Morgan fingerprint density at radius 1 is 0.649 bits per heavy atom. The van der Waals surface area contributed by atoms with E-state index in [1.54, 1.807) is 14.7 Å². The molecule has 0 aromatic carbocycles. The van der Waals surface area contributed by atoms with Crippen LogP contribution >= 0.6 is 0 Å². The summed E-state index contributed by atoms with van der Waals surface area (Å²) < 4.78 is 30.7. The average Bonchev–Trinajstić information content (AvgIpc) is 3.10. The van der Waals surface area contributed by atoms with Gasteiger partial charge in [-0.25, -0.2) is 8.78 Å². The molecule has 13 N–H and O–H groups in total. The van der Waals surface area contributed by atoms with Gasteiger partial charge in [0.2, 0.25) is 11.8 Å². The molecule has 0 aromatic heterocycles. The summed E-state index contributed by atoms with van der Waals surface area (Å²) in [6, 6.07) is -4.39. The molecule has 5 heterocycles. The van der Waals surface area contributed by atoms with Crippen molar-refractivity contribution in [1.29, 1.82) is 0 Å². The lowest BCUT2D eigenvalue weighted by molar-refractivity contribution is -0.190. The van der Waals surface area contributed by atoms with Crippen LogP contribution in [0.25, 0.3) is 0 Å². The number of aliphatic hydroxyl groups excluding tert-OH is 1. The summed E-state index contributed by atoms with van der Waals surface area (Å²) >= 11 is 0. The van der Waals surface area contributed by atoms with E-state index in [9.17, 15) is 24.3 Å². The molecular weight excluding hydrogens is 746 g/mol. The third kappa shape index (κ3) is 9.69. The second kappa shape index (κ2) is 18.0. The number of carbonyl (C=O) groups is 5. The van der Waals surface area contributed by atoms with Crippen LogP contribution in [-0.2, 0) is 24.0 Å². The summed E-state index contributed by atoms with van der Waals surface area (Å²) in [4.78, 5) is 82.0. The van der Waals surface area contributed by atoms with Gasteiger partial charge in [-0.05, 0) is 82.8 Å². The molecule has 5 aliphatic heterocycles. The number of amides is 5. The van der Waals surface area contributed by atoms with Crippen LogP contribution in [0.4, 0.5) is 8.78 Å². The first-order valence-corrected chi connectivity index (χ1v) is 20.5. The summed E-state index contributed by atoms with van der Waals surface area (Å²) in [5, 5.41) is 11.3. The maximum absolute atomic E-state index is 16.8. The normalized spacial score (nSPS) is 30.3. The summed E-state index contributed by atoms with van der Waals surface area (Å²) in [5.74, 6) is -8.86. The highest BCUT2D eigenvalue weighted by Gasteiger charge is 2.67. The molecule has 0 aromatic rings. The number of piperidine rings is 5. The maximum Gasteiger partial charge on any atom is 0.260 e. The van der Waals surface area contributed by atoms with Gasteiger partial charge in [-0.15, -0.1) is 0 Å². The van der Waals surface area contributed by atoms with E-state index in [1.165, 1.54) is 4.90 Å². The third-order valence-corrected chi connectivity index (χ3v) is 12.9. The molecular formula is C37H66F2N12O6. The molecule has 5 amide bonds. The predicted molar refractivity (Wildman–Crippen MR) is 206 cm³/mol. The Morgan fingerprint density at radius 2 is 1.12 bits per heavy atom. The van der Waals surface area contributed by atoms with Crippen molar-refractivity contribution in [3.63, 3.8) is 0 Å². The van der Waals surface area contributed by atoms with Crippen molar-refractivity contribution < 1.29 is 37.9 Å². The van der Waals surface area contributed by atoms with Gasteiger partial charge in [-0.2, -0.15) is 0 Å². The first-order chi connectivity index (χ1) is 26.7. The van der Waals surface area contributed by atoms with Gasteiger partial charge < -0.3 is 39.5 Å². The lowest BCUT2D eigenvalue weighted by atomic mass is 9.73. The number of hydrogen-bond acceptors (Lipinski definition) is 13. The molecule has 0 radical (unpaired) electrons. The van der Waals surface area contributed by atoms with E-state index in [0.29, 0.717) is 51.4 Å². The minimum absolute atomic E-state index is 0.0339. The van der Waals surface area contributed by atoms with Gasteiger partial charge >= 0.3 is 0 Å². The first-order valence-electron chi connectivity index (χ1n) is 20.5. The Balaban J connectivity index is 1.88. The van der Waals surface area contributed by atoms with Crippen LogP contribution in [0.5, 0.6) is 0 Å². The zero-order valence-electron chi connectivity index (χ0n) is 33.6. The maximum atomic E-state index is 16.8. The Bertz CT molecular complexity index is 1440. The molecule has 20 heteroatoms. The average molecular weight is 813 g/mol. The van der Waals surface area contributed by atoms with E-state index in [-0.39, 0.29) is 70.7 Å². The fraction of sp³-hybridized carbons (Fsp3) is 0.865. The van der Waals surface area contributed by atoms with Crippen LogP contribution in [-0.4, -0.2) is 184 Å². The summed E-state index contributed by atoms with van der Waals surface area (Å²) in [7, 11) is 0. The Hall–Kier alpha value is -3.11. The minimum Gasteiger partial charge on any atom is -0.392 e. The van der Waals surface area contributed by atoms with Gasteiger partial charge in [-0.1, -0.05) is 13.8 Å². The van der Waals surface area contributed by atoms with E-state index < -0.39 is 96.6 Å². The van der Waals surface area contributed by atoms with Gasteiger partial charge in [0.1, 0.15) is 12.1 Å². The number of β-amino-alcohol motifs (C(OH)–C–C–N with tert-alkyl or cyclic N) is 1. The van der Waals surface area contributed by atoms with Crippen molar-refractivity contribution in [3.8, 4) is 0 Å². The molecule has 0 bridgehead atoms. The van der Waals surface area contributed by atoms with Crippen LogP contribution in [0.15, 0.2) is 0 Å². The van der Waals surface area contributed by atoms with Crippen molar-refractivity contribution in [1.82, 2.24) is 29.4 Å². The summed E-state index contributed by atoms with van der Waals surface area (Å²) in [6.07, 6.45) is -1.59. The van der Waals surface area contributed by atoms with Gasteiger partial charge in [0, 0.05) is 57.8 Å². The van der Waals surface area contributed by atoms with Crippen molar-refractivity contribution >= 4 is 29.5 Å². The molecule has 7 atom stereocenters. The van der Waals surface area contributed by atoms with E-state index in [1.807, 2.05) is 13.8 Å². The predicted octanol–water partition coefficient (Wildman–Crippen LogP) is -2.96. The number of halogens is 2. The third-order valence-electron chi connectivity index (χ3n) is 12.9. The van der Waals surface area contributed by atoms with Crippen molar-refractivity contribution in [2.75, 3.05) is 65.4 Å². The van der Waals surface area contributed by atoms with Crippen LogP contribution in [0.2, 0.25) is 0 Å². The highest BCUT2D eigenvalue weighted by atomic mass is 19.3. The summed E-state index contributed by atoms with van der Waals surface area (Å²) in [6.45, 7) is 3.71. The molecule has 18 nitrogen and oxygen atoms in total. The largest absolute Gasteiger partial charge is 0.392 e. The monoisotopic (exact) mass is 813 g/mol. The van der Waals surface area contributed by atoms with Crippen LogP contribution < -0.4 is 34.4 Å². The zero-order chi connectivity index (χ0) is 42.0. The zero-order valence-corrected chi connectivity index (χ0v) is 33.6. The quantitative estimate of drug-likeness (QED) is 0.0925. The molecule has 0 aliphatic carbocycles. The summed E-state index contributed by atoms with van der Waals surface area (Å²) in [5.41, 5.74) is 35.5. The Labute approximate surface area is 333 Å². The van der Waals surface area contributed by atoms with Gasteiger partial charge in [-0.3, -0.25) is 53.4 Å². The Morgan fingerprint density at radius 3 is 1.56 bits per heavy atom. The molecule has 324 valence electrons. The number of aliphatic hydroxyl groups is 1. The smallest absolute Gasteiger partial charge is 0.260 e. The minimum atomic E-state index is -3.30. The van der Waals surface area contributed by atoms with Crippen molar-refractivity contribution in [3.05, 3.63) is 0 Å². The highest BCUT2D eigenvalue weighted by molar-refractivity contribution is 6.04. The van der Waals surface area contributed by atoms with Gasteiger partial charge in [0.25, 0.3) is 23.6 Å². The standard InChI is InChI=1S/C37H66F2N12O6/c1-35(2)11-17-46(18-12-35)32(30(44)55)51(33(31(45)56)49-15-6-10-36(38,39)22-49)34(57)37(50-16-5-9-25(52)21-50,26(28(42)53)47-13-3-7-23(40)19-47)27(29(43)54)48-14-4-8-24(41)20-48/h23-27,32-33,52H,3-22,40-41H2,1-2H3,(H2,42,53)(H2,43,54)(H2,44,55)(H2,45,56). The lowest BCUT2D eigenvalue weighted by Gasteiger charge is -2.59. The van der Waals surface area contributed by atoms with Crippen LogP contribution in [0.3, 0.4) is 0 Å². The molecule has 5 aliphatic rings. The fourth-order valence-electron chi connectivity index (χ4n) is 10.2. The van der Waals surface area contributed by atoms with E-state index in [2.05, 4.69) is 0 Å². The SMILES string of the molecule is CC1(C)CCN(C(C(N)=O)N(C(=O)C(C(C(N)=O)N2CCCC(N)C2)(C(C(N)=O)N2CCCC(N)C2)N2CCCC(O)C2)C(C(N)=O)N2CCCC(F)(F)C2)CC1. The fourth-order valence-corrected chi connectivity index (χ4v) is 10.2. The molecule has 0 saturated carbocycles. The van der Waals surface area contributed by atoms with Crippen LogP contribution in [0.1, 0.15) is 78.1 Å². The number of likely N-dealkylation sites (tertiary alicyclic amines) is 5. The number of nitrogens with zero attached hydrogens (tertiary/aromatic N) is 6. The number of carbonyl (C=O) groups excluding carboxylic acids is 5. The van der Waals surface area contributed by atoms with Gasteiger partial charge in [0.05, 0.1) is 12.6 Å². The van der Waals surface area contributed by atoms with E-state index in [4.69, 9.17) is 34.4 Å². The van der Waals surface area contributed by atoms with Gasteiger partial charge in [0.15, 0.2) is 17.9 Å². The molecule has 0 spiro atoms. The van der Waals surface area contributed by atoms with Crippen molar-refractivity contribution in [2.45, 2.75) is 132 Å². The Kier molecular flexibility index (Phi) is 14.2. The number of hydrogen-bond donors (Lipinski definition) is 7. The highest BCUT2D eigenvalue weighted by Crippen LogP contribution is 2.41. The van der Waals surface area contributed by atoms with E-state index in [0.717, 1.165) is 9.80 Å². The number of rotatable bonds is 14.